The van der Waals surface area contributed by atoms with Crippen LogP contribution in [0.25, 0.3) is 0 Å². The van der Waals surface area contributed by atoms with E-state index in [0.29, 0.717) is 10.2 Å². The van der Waals surface area contributed by atoms with Crippen LogP contribution in [0.5, 0.6) is 0 Å². The molecule has 1 aliphatic rings. The molecule has 15 heavy (non-hydrogen) atoms. The predicted molar refractivity (Wildman–Crippen MR) is 61.2 cm³/mol. The van der Waals surface area contributed by atoms with Crippen molar-refractivity contribution in [2.24, 2.45) is 0 Å². The molecule has 0 amide bonds. The van der Waals surface area contributed by atoms with Gasteiger partial charge in [-0.15, -0.1) is 0 Å². The Morgan fingerprint density at radius 2 is 1.87 bits per heavy atom. The van der Waals surface area contributed by atoms with Gasteiger partial charge in [0, 0.05) is 0 Å². The third-order valence-electron chi connectivity index (χ3n) is 2.87. The van der Waals surface area contributed by atoms with Crippen molar-refractivity contribution in [1.29, 1.82) is 5.26 Å². The van der Waals surface area contributed by atoms with Gasteiger partial charge in [-0.25, -0.2) is 4.68 Å². The Kier molecular flexibility index (Phi) is 2.37. The molecule has 5 heteroatoms. The number of nitrogen functional groups attached to an aromatic ring is 2. The minimum atomic E-state index is 0.281. The van der Waals surface area contributed by atoms with Crippen molar-refractivity contribution in [2.45, 2.75) is 25.7 Å². The van der Waals surface area contributed by atoms with Crippen LogP contribution in [0.2, 0.25) is 0 Å². The highest BCUT2D eigenvalue weighted by Crippen LogP contribution is 2.28. The number of anilines is 1. The predicted octanol–water partition coefficient (Wildman–Crippen LogP) is 1.26. The van der Waals surface area contributed by atoms with Crippen LogP contribution in [0.1, 0.15) is 29.5 Å². The van der Waals surface area contributed by atoms with Crippen molar-refractivity contribution in [3.8, 4) is 6.07 Å². The van der Waals surface area contributed by atoms with Crippen LogP contribution in [0, 0.1) is 16.0 Å². The largest absolute Gasteiger partial charge is 0.383 e. The highest BCUT2D eigenvalue weighted by molar-refractivity contribution is 7.71. The van der Waals surface area contributed by atoms with Gasteiger partial charge in [-0.1, -0.05) is 12.2 Å². The van der Waals surface area contributed by atoms with Gasteiger partial charge in [0.25, 0.3) is 0 Å². The number of hydrogen-bond acceptors (Lipinski definition) is 4. The summed E-state index contributed by atoms with van der Waals surface area (Å²) < 4.78 is 1.82. The topological polar surface area (TPSA) is 80.8 Å². The number of nitrogens with two attached hydrogens (primary N) is 2. The van der Waals surface area contributed by atoms with E-state index in [0.717, 1.165) is 36.8 Å². The molecule has 0 aromatic carbocycles. The van der Waals surface area contributed by atoms with Crippen LogP contribution in [-0.2, 0) is 12.8 Å². The van der Waals surface area contributed by atoms with Crippen molar-refractivity contribution in [1.82, 2.24) is 4.68 Å². The number of fused-ring (bicyclic) bond motifs is 1. The van der Waals surface area contributed by atoms with E-state index in [4.69, 9.17) is 29.1 Å². The molecule has 78 valence electrons. The fraction of sp³-hybridized carbons (Fsp3) is 0.400. The molecule has 0 saturated heterocycles. The first-order valence-corrected chi connectivity index (χ1v) is 5.29. The van der Waals surface area contributed by atoms with Crippen LogP contribution in [0.4, 0.5) is 5.82 Å². The second kappa shape index (κ2) is 3.55. The molecule has 0 bridgehead atoms. The summed E-state index contributed by atoms with van der Waals surface area (Å²) in [4.78, 5) is 0. The molecule has 1 aromatic rings. The van der Waals surface area contributed by atoms with Crippen molar-refractivity contribution >= 4 is 18.0 Å². The first kappa shape index (κ1) is 9.99. The molecule has 1 aromatic heterocycles. The molecule has 4 N–H and O–H groups in total. The van der Waals surface area contributed by atoms with Gasteiger partial charge in [-0.05, 0) is 36.8 Å². The van der Waals surface area contributed by atoms with E-state index in [9.17, 15) is 0 Å². The third kappa shape index (κ3) is 1.38. The zero-order valence-corrected chi connectivity index (χ0v) is 9.10. The minimum Gasteiger partial charge on any atom is -0.383 e. The average Bonchev–Trinajstić information content (AvgIpc) is 2.27. The maximum atomic E-state index is 9.06. The molecule has 1 heterocycles. The van der Waals surface area contributed by atoms with Gasteiger partial charge < -0.3 is 11.6 Å². The highest BCUT2D eigenvalue weighted by atomic mass is 32.1. The van der Waals surface area contributed by atoms with Gasteiger partial charge in [0.15, 0.2) is 0 Å². The lowest BCUT2D eigenvalue weighted by molar-refractivity contribution is 0.673. The molecule has 0 fully saturated rings. The summed E-state index contributed by atoms with van der Waals surface area (Å²) in [6.45, 7) is 0. The van der Waals surface area contributed by atoms with E-state index >= 15 is 0 Å². The van der Waals surface area contributed by atoms with Gasteiger partial charge in [0.2, 0.25) is 0 Å². The minimum absolute atomic E-state index is 0.281. The van der Waals surface area contributed by atoms with E-state index < -0.39 is 0 Å². The van der Waals surface area contributed by atoms with Gasteiger partial charge in [-0.2, -0.15) is 5.26 Å². The standard InChI is InChI=1S/C10H12N4S/c11-5-8-6-3-1-2-4-7(6)10(15)14(13)9(8)12/h1-4,12-13H2. The fourth-order valence-corrected chi connectivity index (χ4v) is 2.40. The Morgan fingerprint density at radius 3 is 2.47 bits per heavy atom. The normalized spacial score (nSPS) is 14.3. The lowest BCUT2D eigenvalue weighted by Crippen LogP contribution is -2.21. The lowest BCUT2D eigenvalue weighted by atomic mass is 9.90. The summed E-state index contributed by atoms with van der Waals surface area (Å²) in [5, 5.41) is 9.06. The SMILES string of the molecule is N#Cc1c2c(c(=S)n(N)c1N)CCCC2. The Bertz CT molecular complexity index is 510. The summed E-state index contributed by atoms with van der Waals surface area (Å²) in [5.74, 6) is 6.00. The highest BCUT2D eigenvalue weighted by Gasteiger charge is 2.19. The summed E-state index contributed by atoms with van der Waals surface area (Å²) in [6, 6.07) is 2.12. The van der Waals surface area contributed by atoms with Gasteiger partial charge in [0.1, 0.15) is 16.5 Å². The molecule has 0 saturated carbocycles. The number of nitriles is 1. The lowest BCUT2D eigenvalue weighted by Gasteiger charge is -2.20. The van der Waals surface area contributed by atoms with Crippen LogP contribution >= 0.6 is 12.2 Å². The van der Waals surface area contributed by atoms with Crippen LogP contribution < -0.4 is 11.6 Å². The fourth-order valence-electron chi connectivity index (χ4n) is 2.07. The molecule has 0 unspecified atom stereocenters. The van der Waals surface area contributed by atoms with E-state index in [2.05, 4.69) is 6.07 Å². The van der Waals surface area contributed by atoms with Crippen LogP contribution in [-0.4, -0.2) is 4.68 Å². The molecular weight excluding hydrogens is 208 g/mol. The zero-order valence-electron chi connectivity index (χ0n) is 8.29. The Hall–Kier alpha value is -1.54. The number of hydrogen-bond donors (Lipinski definition) is 2. The van der Waals surface area contributed by atoms with Crippen LogP contribution in [0.15, 0.2) is 0 Å². The second-order valence-corrected chi connectivity index (χ2v) is 4.10. The second-order valence-electron chi connectivity index (χ2n) is 3.71. The van der Waals surface area contributed by atoms with E-state index in [1.165, 1.54) is 4.68 Å². The first-order chi connectivity index (χ1) is 7.16. The van der Waals surface area contributed by atoms with Crippen molar-refractivity contribution in [3.63, 3.8) is 0 Å². The van der Waals surface area contributed by atoms with E-state index in [1.807, 2.05) is 0 Å². The van der Waals surface area contributed by atoms with Crippen molar-refractivity contribution < 1.29 is 0 Å². The monoisotopic (exact) mass is 220 g/mol. The average molecular weight is 220 g/mol. The first-order valence-electron chi connectivity index (χ1n) is 4.88. The number of rotatable bonds is 0. The summed E-state index contributed by atoms with van der Waals surface area (Å²) >= 11 is 5.22. The molecule has 2 rings (SSSR count). The maximum Gasteiger partial charge on any atom is 0.141 e. The number of pyridine rings is 1. The molecule has 0 atom stereocenters. The molecule has 0 aliphatic heterocycles. The Labute approximate surface area is 93.1 Å². The number of nitrogens with zero attached hydrogens (tertiary/aromatic N) is 2. The third-order valence-corrected chi connectivity index (χ3v) is 3.32. The molecule has 0 spiro atoms. The van der Waals surface area contributed by atoms with Gasteiger partial charge >= 0.3 is 0 Å². The molecular formula is C10H12N4S. The zero-order chi connectivity index (χ0) is 11.0. The number of aromatic nitrogens is 1. The van der Waals surface area contributed by atoms with E-state index in [-0.39, 0.29) is 5.82 Å². The Morgan fingerprint density at radius 1 is 1.27 bits per heavy atom. The molecule has 0 radical (unpaired) electrons. The van der Waals surface area contributed by atoms with Crippen molar-refractivity contribution in [3.05, 3.63) is 21.3 Å². The molecule has 1 aliphatic carbocycles. The summed E-state index contributed by atoms with van der Waals surface area (Å²) in [5.41, 5.74) is 8.31. The van der Waals surface area contributed by atoms with Gasteiger partial charge in [0.05, 0.1) is 5.56 Å². The summed E-state index contributed by atoms with van der Waals surface area (Å²) in [6.07, 6.45) is 3.98. The smallest absolute Gasteiger partial charge is 0.141 e. The van der Waals surface area contributed by atoms with Crippen LogP contribution in [0.3, 0.4) is 0 Å². The maximum absolute atomic E-state index is 9.06. The quantitative estimate of drug-likeness (QED) is 0.509. The summed E-state index contributed by atoms with van der Waals surface area (Å²) in [7, 11) is 0. The molecule has 4 nitrogen and oxygen atoms in total. The Balaban J connectivity index is 2.84. The van der Waals surface area contributed by atoms with Gasteiger partial charge in [-0.3, -0.25) is 0 Å². The van der Waals surface area contributed by atoms with Crippen molar-refractivity contribution in [2.75, 3.05) is 11.6 Å². The van der Waals surface area contributed by atoms with E-state index in [1.54, 1.807) is 0 Å².